The molecule has 0 aliphatic heterocycles. The number of esters is 4. The van der Waals surface area contributed by atoms with E-state index in [2.05, 4.69) is 34.6 Å². The number of phosphoric ester groups is 2. The van der Waals surface area contributed by atoms with Crippen LogP contribution >= 0.6 is 15.6 Å². The fourth-order valence-corrected chi connectivity index (χ4v) is 13.6. The van der Waals surface area contributed by atoms with Crippen molar-refractivity contribution in [1.29, 1.82) is 0 Å². The number of hydrogen-bond donors (Lipinski definition) is 3. The molecule has 5 atom stereocenters. The first-order chi connectivity index (χ1) is 47.0. The molecule has 0 aliphatic carbocycles. The number of rotatable bonds is 78. The van der Waals surface area contributed by atoms with E-state index in [9.17, 15) is 43.2 Å². The van der Waals surface area contributed by atoms with E-state index in [4.69, 9.17) is 37.0 Å². The van der Waals surface area contributed by atoms with Crippen LogP contribution in [0.5, 0.6) is 0 Å². The van der Waals surface area contributed by atoms with Crippen LogP contribution in [0.3, 0.4) is 0 Å². The van der Waals surface area contributed by atoms with Crippen molar-refractivity contribution in [2.75, 3.05) is 39.6 Å². The molecule has 0 aliphatic rings. The summed E-state index contributed by atoms with van der Waals surface area (Å²) in [5.41, 5.74) is 0. The van der Waals surface area contributed by atoms with Gasteiger partial charge >= 0.3 is 39.5 Å². The first-order valence-electron chi connectivity index (χ1n) is 40.6. The average Bonchev–Trinajstić information content (AvgIpc) is 1.74. The topological polar surface area (TPSA) is 237 Å². The van der Waals surface area contributed by atoms with Gasteiger partial charge in [0.2, 0.25) is 0 Å². The van der Waals surface area contributed by atoms with E-state index < -0.39 is 97.5 Å². The summed E-state index contributed by atoms with van der Waals surface area (Å²) in [6.45, 7) is 7.28. The minimum atomic E-state index is -4.96. The average molecular weight is 1420 g/mol. The number of aliphatic hydroxyl groups is 1. The Hall–Kier alpha value is -1.94. The van der Waals surface area contributed by atoms with E-state index in [1.165, 1.54) is 238 Å². The normalized spacial score (nSPS) is 13.9. The zero-order valence-electron chi connectivity index (χ0n) is 63.2. The molecule has 19 heteroatoms. The highest BCUT2D eigenvalue weighted by Crippen LogP contribution is 2.45. The van der Waals surface area contributed by atoms with Gasteiger partial charge in [-0.25, -0.2) is 9.13 Å². The number of ether oxygens (including phenoxy) is 4. The second kappa shape index (κ2) is 71.1. The highest BCUT2D eigenvalue weighted by molar-refractivity contribution is 7.47. The van der Waals surface area contributed by atoms with Gasteiger partial charge in [0.15, 0.2) is 12.2 Å². The first-order valence-corrected chi connectivity index (χ1v) is 43.6. The highest BCUT2D eigenvalue weighted by atomic mass is 31.2. The summed E-state index contributed by atoms with van der Waals surface area (Å²) in [6.07, 6.45) is 61.0. The Labute approximate surface area is 594 Å². The summed E-state index contributed by atoms with van der Waals surface area (Å²) in [7, 11) is -9.91. The van der Waals surface area contributed by atoms with Gasteiger partial charge in [-0.2, -0.15) is 0 Å². The molecule has 3 N–H and O–H groups in total. The lowest BCUT2D eigenvalue weighted by atomic mass is 10.0. The zero-order chi connectivity index (χ0) is 71.2. The van der Waals surface area contributed by atoms with Gasteiger partial charge in [0.25, 0.3) is 0 Å². The quantitative estimate of drug-likeness (QED) is 0.0222. The maximum Gasteiger partial charge on any atom is 0.472 e. The van der Waals surface area contributed by atoms with Crippen molar-refractivity contribution in [3.8, 4) is 0 Å². The van der Waals surface area contributed by atoms with Gasteiger partial charge in [0.05, 0.1) is 26.4 Å². The molecule has 0 saturated heterocycles. The molecular formula is C78H152O17P2. The molecular weight excluding hydrogens is 1270 g/mol. The van der Waals surface area contributed by atoms with Crippen LogP contribution in [0.2, 0.25) is 0 Å². The number of hydrogen-bond acceptors (Lipinski definition) is 15. The molecule has 0 heterocycles. The molecule has 0 radical (unpaired) electrons. The third-order valence-corrected chi connectivity index (χ3v) is 20.2. The number of carbonyl (C=O) groups excluding carboxylic acids is 4. The van der Waals surface area contributed by atoms with E-state index in [0.717, 1.165) is 95.8 Å². The number of carbonyl (C=O) groups is 4. The van der Waals surface area contributed by atoms with Crippen molar-refractivity contribution in [2.45, 2.75) is 432 Å². The van der Waals surface area contributed by atoms with Crippen molar-refractivity contribution in [2.24, 2.45) is 5.92 Å². The second-order valence-electron chi connectivity index (χ2n) is 28.6. The summed E-state index contributed by atoms with van der Waals surface area (Å²) in [5, 5.41) is 10.6. The lowest BCUT2D eigenvalue weighted by Crippen LogP contribution is -2.30. The first kappa shape index (κ1) is 95.1. The van der Waals surface area contributed by atoms with Gasteiger partial charge < -0.3 is 33.8 Å². The molecule has 0 saturated carbocycles. The van der Waals surface area contributed by atoms with Crippen LogP contribution in [0, 0.1) is 5.92 Å². The SMILES string of the molecule is CCCCCCCCCCCCCCCCCCCCC(=O)O[C@H](COC(=O)CCCCCCCCCCCCCCCCCCC)COP(=O)(O)OC[C@@H](O)COP(=O)(O)OC[C@@H](COC(=O)CCCCCCCCCCCC)OC(=O)CCCCCCCCCCCC(C)C. The second-order valence-corrected chi connectivity index (χ2v) is 31.5. The van der Waals surface area contributed by atoms with E-state index in [1.807, 2.05) is 0 Å². The Balaban J connectivity index is 5.23. The van der Waals surface area contributed by atoms with Gasteiger partial charge in [0.1, 0.15) is 19.3 Å². The minimum Gasteiger partial charge on any atom is -0.462 e. The lowest BCUT2D eigenvalue weighted by molar-refractivity contribution is -0.161. The standard InChI is InChI=1S/C78H152O17P2/c1-6-9-12-15-18-21-24-26-28-30-32-34-36-38-43-48-53-58-63-77(82)94-73(68-89-76(81)62-57-52-47-42-37-35-33-31-29-27-25-22-19-16-13-10-7-2)69-92-96(84,85)90-65-72(79)66-91-97(86,87)93-70-74(67-88-75(80)61-56-51-46-41-23-20-17-14-11-8-3)95-78(83)64-59-54-49-44-39-40-45-50-55-60-71(4)5/h71-74,79H,6-70H2,1-5H3,(H,84,85)(H,86,87)/t72-,73-,74-/m1/s1. The summed E-state index contributed by atoms with van der Waals surface area (Å²) >= 11 is 0. The molecule has 0 amide bonds. The molecule has 0 aromatic carbocycles. The summed E-state index contributed by atoms with van der Waals surface area (Å²) < 4.78 is 68.6. The van der Waals surface area contributed by atoms with Crippen molar-refractivity contribution in [1.82, 2.24) is 0 Å². The minimum absolute atomic E-state index is 0.106. The maximum atomic E-state index is 13.1. The third kappa shape index (κ3) is 72.2. The monoisotopic (exact) mass is 1420 g/mol. The molecule has 0 aromatic rings. The Kier molecular flexibility index (Phi) is 69.6. The molecule has 0 rings (SSSR count). The molecule has 97 heavy (non-hydrogen) atoms. The third-order valence-electron chi connectivity index (χ3n) is 18.3. The van der Waals surface area contributed by atoms with Crippen molar-refractivity contribution >= 4 is 39.5 Å². The van der Waals surface area contributed by atoms with Gasteiger partial charge in [-0.15, -0.1) is 0 Å². The largest absolute Gasteiger partial charge is 0.472 e. The smallest absolute Gasteiger partial charge is 0.462 e. The molecule has 17 nitrogen and oxygen atoms in total. The Morgan fingerprint density at radius 2 is 0.474 bits per heavy atom. The van der Waals surface area contributed by atoms with Crippen LogP contribution in [-0.4, -0.2) is 96.7 Å². The van der Waals surface area contributed by atoms with E-state index >= 15 is 0 Å². The molecule has 0 aromatic heterocycles. The maximum absolute atomic E-state index is 13.1. The van der Waals surface area contributed by atoms with Crippen LogP contribution in [0.25, 0.3) is 0 Å². The number of aliphatic hydroxyl groups excluding tert-OH is 1. The van der Waals surface area contributed by atoms with E-state index in [0.29, 0.717) is 25.7 Å². The Morgan fingerprint density at radius 1 is 0.278 bits per heavy atom. The predicted octanol–water partition coefficient (Wildman–Crippen LogP) is 23.3. The van der Waals surface area contributed by atoms with Crippen LogP contribution < -0.4 is 0 Å². The fourth-order valence-electron chi connectivity index (χ4n) is 12.1. The zero-order valence-corrected chi connectivity index (χ0v) is 65.0. The number of unbranched alkanes of at least 4 members (excludes halogenated alkanes) is 50. The van der Waals surface area contributed by atoms with Crippen LogP contribution in [0.1, 0.15) is 413 Å². The summed E-state index contributed by atoms with van der Waals surface area (Å²) in [4.78, 5) is 72.9. The van der Waals surface area contributed by atoms with Crippen LogP contribution in [0.4, 0.5) is 0 Å². The molecule has 2 unspecified atom stereocenters. The molecule has 0 spiro atoms. The molecule has 0 fully saturated rings. The molecule has 576 valence electrons. The van der Waals surface area contributed by atoms with Crippen LogP contribution in [0.15, 0.2) is 0 Å². The Bertz CT molecular complexity index is 1860. The number of phosphoric acid groups is 2. The van der Waals surface area contributed by atoms with Crippen molar-refractivity contribution in [3.05, 3.63) is 0 Å². The summed E-state index contributed by atoms with van der Waals surface area (Å²) in [5.74, 6) is -1.37. The lowest BCUT2D eigenvalue weighted by Gasteiger charge is -2.21. The predicted molar refractivity (Wildman–Crippen MR) is 395 cm³/mol. The fraction of sp³-hybridized carbons (Fsp3) is 0.949. The van der Waals surface area contributed by atoms with Crippen molar-refractivity contribution < 1.29 is 80.2 Å². The van der Waals surface area contributed by atoms with Crippen molar-refractivity contribution in [3.63, 3.8) is 0 Å². The van der Waals surface area contributed by atoms with Gasteiger partial charge in [-0.1, -0.05) is 362 Å². The van der Waals surface area contributed by atoms with Gasteiger partial charge in [0, 0.05) is 25.7 Å². The molecule has 0 bridgehead atoms. The van der Waals surface area contributed by atoms with Gasteiger partial charge in [-0.3, -0.25) is 37.3 Å². The van der Waals surface area contributed by atoms with E-state index in [1.54, 1.807) is 0 Å². The van der Waals surface area contributed by atoms with Gasteiger partial charge in [-0.05, 0) is 31.6 Å². The van der Waals surface area contributed by atoms with Crippen LogP contribution in [-0.2, 0) is 65.4 Å². The highest BCUT2D eigenvalue weighted by Gasteiger charge is 2.30. The Morgan fingerprint density at radius 3 is 0.701 bits per heavy atom. The van der Waals surface area contributed by atoms with E-state index in [-0.39, 0.29) is 25.7 Å². The summed E-state index contributed by atoms with van der Waals surface area (Å²) in [6, 6.07) is 0.